The largest absolute Gasteiger partial charge is 0.311 e. The molecule has 4 unspecified atom stereocenters. The van der Waals surface area contributed by atoms with Crippen molar-refractivity contribution < 1.29 is 14.4 Å². The SMILES string of the molecule is O=C1C2C3C=CC(C3)C2C(=O)N1CC(=O)N1CCCCc2ccccc21. The highest BCUT2D eigenvalue weighted by molar-refractivity contribution is 6.10. The van der Waals surface area contributed by atoms with Gasteiger partial charge in [-0.1, -0.05) is 30.4 Å². The third-order valence-electron chi connectivity index (χ3n) is 6.52. The van der Waals surface area contributed by atoms with Gasteiger partial charge in [0.1, 0.15) is 6.54 Å². The first-order valence-corrected chi connectivity index (χ1v) is 9.57. The second-order valence-corrected chi connectivity index (χ2v) is 7.89. The molecule has 0 radical (unpaired) electrons. The van der Waals surface area contributed by atoms with Gasteiger partial charge in [0.25, 0.3) is 0 Å². The fraction of sp³-hybridized carbons (Fsp3) is 0.476. The summed E-state index contributed by atoms with van der Waals surface area (Å²) in [6, 6.07) is 7.94. The van der Waals surface area contributed by atoms with Crippen LogP contribution in [-0.4, -0.2) is 35.7 Å². The number of hydrogen-bond acceptors (Lipinski definition) is 3. The van der Waals surface area contributed by atoms with Crippen LogP contribution in [0.2, 0.25) is 0 Å². The molecule has 5 heteroatoms. The molecule has 0 aromatic heterocycles. The molecular weight excluding hydrogens is 328 g/mol. The molecule has 4 atom stereocenters. The number of carbonyl (C=O) groups is 3. The maximum atomic E-state index is 13.0. The average molecular weight is 350 g/mol. The minimum absolute atomic E-state index is 0.127. The summed E-state index contributed by atoms with van der Waals surface area (Å²) in [6.07, 6.45) is 8.00. The van der Waals surface area contributed by atoms with E-state index in [1.54, 1.807) is 4.90 Å². The number of likely N-dealkylation sites (tertiary alicyclic amines) is 1. The molecule has 1 aromatic carbocycles. The topological polar surface area (TPSA) is 57.7 Å². The lowest BCUT2D eigenvalue weighted by molar-refractivity contribution is -0.143. The number of carbonyl (C=O) groups excluding carboxylic acids is 3. The Labute approximate surface area is 152 Å². The summed E-state index contributed by atoms with van der Waals surface area (Å²) < 4.78 is 0. The molecule has 2 bridgehead atoms. The molecule has 2 aliphatic heterocycles. The van der Waals surface area contributed by atoms with Crippen molar-refractivity contribution in [2.45, 2.75) is 25.7 Å². The number of rotatable bonds is 2. The van der Waals surface area contributed by atoms with Gasteiger partial charge in [0.15, 0.2) is 0 Å². The van der Waals surface area contributed by atoms with E-state index >= 15 is 0 Å². The Hall–Kier alpha value is -2.43. The molecule has 3 amide bonds. The smallest absolute Gasteiger partial charge is 0.247 e. The van der Waals surface area contributed by atoms with Crippen molar-refractivity contribution in [2.24, 2.45) is 23.7 Å². The lowest BCUT2D eigenvalue weighted by Gasteiger charge is -2.25. The number of para-hydroxylation sites is 1. The van der Waals surface area contributed by atoms with Gasteiger partial charge in [0.2, 0.25) is 17.7 Å². The van der Waals surface area contributed by atoms with Crippen molar-refractivity contribution in [3.63, 3.8) is 0 Å². The Kier molecular flexibility index (Phi) is 3.52. The van der Waals surface area contributed by atoms with E-state index in [4.69, 9.17) is 0 Å². The summed E-state index contributed by atoms with van der Waals surface area (Å²) in [5.74, 6) is -0.549. The molecule has 2 aliphatic carbocycles. The van der Waals surface area contributed by atoms with Crippen molar-refractivity contribution in [1.82, 2.24) is 4.90 Å². The van der Waals surface area contributed by atoms with Gasteiger partial charge >= 0.3 is 0 Å². The number of aryl methyl sites for hydroxylation is 1. The van der Waals surface area contributed by atoms with Crippen LogP contribution in [0, 0.1) is 23.7 Å². The minimum atomic E-state index is -0.235. The van der Waals surface area contributed by atoms with Gasteiger partial charge in [0, 0.05) is 12.2 Å². The van der Waals surface area contributed by atoms with Crippen LogP contribution in [-0.2, 0) is 20.8 Å². The van der Waals surface area contributed by atoms with Gasteiger partial charge in [-0.3, -0.25) is 19.3 Å². The molecule has 0 N–H and O–H groups in total. The highest BCUT2D eigenvalue weighted by Gasteiger charge is 2.59. The molecule has 4 aliphatic rings. The van der Waals surface area contributed by atoms with Crippen molar-refractivity contribution in [2.75, 3.05) is 18.0 Å². The number of anilines is 1. The Morgan fingerprint density at radius 1 is 1.00 bits per heavy atom. The second kappa shape index (κ2) is 5.79. The summed E-state index contributed by atoms with van der Waals surface area (Å²) in [6.45, 7) is 0.518. The first-order valence-electron chi connectivity index (χ1n) is 9.57. The summed E-state index contributed by atoms with van der Waals surface area (Å²) in [4.78, 5) is 41.7. The molecule has 1 saturated heterocycles. The number of nitrogens with zero attached hydrogens (tertiary/aromatic N) is 2. The third kappa shape index (κ3) is 2.19. The van der Waals surface area contributed by atoms with E-state index in [-0.39, 0.29) is 47.9 Å². The van der Waals surface area contributed by atoms with Crippen LogP contribution in [0.25, 0.3) is 0 Å². The number of fused-ring (bicyclic) bond motifs is 6. The summed E-state index contributed by atoms with van der Waals surface area (Å²) in [7, 11) is 0. The lowest BCUT2D eigenvalue weighted by Crippen LogP contribution is -2.44. The van der Waals surface area contributed by atoms with E-state index in [0.29, 0.717) is 6.54 Å². The van der Waals surface area contributed by atoms with E-state index in [0.717, 1.165) is 36.9 Å². The van der Waals surface area contributed by atoms with E-state index in [1.165, 1.54) is 4.90 Å². The molecule has 5 nitrogen and oxygen atoms in total. The zero-order valence-electron chi connectivity index (χ0n) is 14.6. The molecule has 1 aromatic rings. The van der Waals surface area contributed by atoms with Crippen molar-refractivity contribution >= 4 is 23.4 Å². The highest BCUT2D eigenvalue weighted by Crippen LogP contribution is 2.52. The number of hydrogen-bond donors (Lipinski definition) is 0. The fourth-order valence-corrected chi connectivity index (χ4v) is 5.29. The molecule has 26 heavy (non-hydrogen) atoms. The van der Waals surface area contributed by atoms with E-state index in [2.05, 4.69) is 18.2 Å². The number of benzene rings is 1. The van der Waals surface area contributed by atoms with E-state index in [9.17, 15) is 14.4 Å². The third-order valence-corrected chi connectivity index (χ3v) is 6.52. The van der Waals surface area contributed by atoms with Crippen LogP contribution >= 0.6 is 0 Å². The van der Waals surface area contributed by atoms with Crippen LogP contribution in [0.4, 0.5) is 5.69 Å². The van der Waals surface area contributed by atoms with Gasteiger partial charge in [-0.05, 0) is 49.1 Å². The van der Waals surface area contributed by atoms with Gasteiger partial charge in [0.05, 0.1) is 11.8 Å². The number of imide groups is 1. The van der Waals surface area contributed by atoms with Gasteiger partial charge in [-0.15, -0.1) is 0 Å². The fourth-order valence-electron chi connectivity index (χ4n) is 5.29. The predicted octanol–water partition coefficient (Wildman–Crippen LogP) is 2.16. The average Bonchev–Trinajstić information content (AvgIpc) is 3.27. The molecule has 2 fully saturated rings. The molecule has 1 saturated carbocycles. The van der Waals surface area contributed by atoms with Gasteiger partial charge in [-0.2, -0.15) is 0 Å². The van der Waals surface area contributed by atoms with E-state index < -0.39 is 0 Å². The van der Waals surface area contributed by atoms with Crippen LogP contribution < -0.4 is 4.90 Å². The predicted molar refractivity (Wildman–Crippen MR) is 96.2 cm³/mol. The highest BCUT2D eigenvalue weighted by atomic mass is 16.2. The first kappa shape index (κ1) is 15.8. The zero-order valence-corrected chi connectivity index (χ0v) is 14.6. The molecule has 134 valence electrons. The van der Waals surface area contributed by atoms with Crippen molar-refractivity contribution in [1.29, 1.82) is 0 Å². The molecule has 0 spiro atoms. The molecular formula is C21H22N2O3. The Balaban J connectivity index is 1.38. The summed E-state index contributed by atoms with van der Waals surface area (Å²) >= 11 is 0. The maximum Gasteiger partial charge on any atom is 0.247 e. The Morgan fingerprint density at radius 2 is 1.69 bits per heavy atom. The van der Waals surface area contributed by atoms with Crippen molar-refractivity contribution in [3.8, 4) is 0 Å². The van der Waals surface area contributed by atoms with Gasteiger partial charge < -0.3 is 4.90 Å². The molecule has 5 rings (SSSR count). The zero-order chi connectivity index (χ0) is 17.8. The van der Waals surface area contributed by atoms with Crippen LogP contribution in [0.15, 0.2) is 36.4 Å². The van der Waals surface area contributed by atoms with Crippen LogP contribution in [0.3, 0.4) is 0 Å². The maximum absolute atomic E-state index is 13.0. The summed E-state index contributed by atoms with van der Waals surface area (Å²) in [5, 5.41) is 0. The van der Waals surface area contributed by atoms with E-state index in [1.807, 2.05) is 18.2 Å². The second-order valence-electron chi connectivity index (χ2n) is 7.89. The van der Waals surface area contributed by atoms with Crippen molar-refractivity contribution in [3.05, 3.63) is 42.0 Å². The standard InChI is InChI=1S/C21H22N2O3/c24-17(22-10-4-3-6-13-5-1-2-7-16(13)22)12-23-20(25)18-14-8-9-15(11-14)19(18)21(23)26/h1-2,5,7-9,14-15,18-19H,3-4,6,10-12H2. The normalized spacial score (nSPS) is 32.0. The Morgan fingerprint density at radius 3 is 2.42 bits per heavy atom. The minimum Gasteiger partial charge on any atom is -0.311 e. The Bertz CT molecular complexity index is 800. The molecule has 2 heterocycles. The number of amides is 3. The quantitative estimate of drug-likeness (QED) is 0.607. The van der Waals surface area contributed by atoms with Crippen LogP contribution in [0.5, 0.6) is 0 Å². The van der Waals surface area contributed by atoms with Crippen LogP contribution in [0.1, 0.15) is 24.8 Å². The monoisotopic (exact) mass is 350 g/mol. The summed E-state index contributed by atoms with van der Waals surface area (Å²) in [5.41, 5.74) is 2.09. The lowest BCUT2D eigenvalue weighted by atomic mass is 9.85. The van der Waals surface area contributed by atoms with Gasteiger partial charge in [-0.25, -0.2) is 0 Å². The number of allylic oxidation sites excluding steroid dienone is 2. The first-order chi connectivity index (χ1) is 12.6.